The van der Waals surface area contributed by atoms with Gasteiger partial charge in [-0.2, -0.15) is 0 Å². The topological polar surface area (TPSA) is 117 Å². The second-order valence-electron chi connectivity index (χ2n) is 10.2. The summed E-state index contributed by atoms with van der Waals surface area (Å²) in [6.07, 6.45) is 3.40. The van der Waals surface area contributed by atoms with Gasteiger partial charge in [-0.25, -0.2) is 14.8 Å². The monoisotopic (exact) mass is 498 g/mol. The molecule has 2 aromatic heterocycles. The van der Waals surface area contributed by atoms with E-state index in [0.717, 1.165) is 45.0 Å². The zero-order valence-electron chi connectivity index (χ0n) is 22.2. The maximum Gasteiger partial charge on any atom is 0.410 e. The van der Waals surface area contributed by atoms with Gasteiger partial charge in [0, 0.05) is 65.1 Å². The van der Waals surface area contributed by atoms with E-state index in [-0.39, 0.29) is 6.09 Å². The number of likely N-dealkylation sites (N-methyl/N-ethyl adjacent to an activating group) is 1. The first-order chi connectivity index (χ1) is 17.1. The molecule has 0 radical (unpaired) electrons. The number of aromatic nitrogens is 2. The van der Waals surface area contributed by atoms with Crippen LogP contribution in [0.5, 0.6) is 0 Å². The summed E-state index contributed by atoms with van der Waals surface area (Å²) >= 11 is 0. The second-order valence-corrected chi connectivity index (χ2v) is 10.2. The average Bonchev–Trinajstić information content (AvgIpc) is 2.86. The summed E-state index contributed by atoms with van der Waals surface area (Å²) in [5, 5.41) is 0. The van der Waals surface area contributed by atoms with E-state index in [0.29, 0.717) is 24.7 Å². The standard InChI is InChI=1S/C14H22N4O2.C12H20N4/c1-14(2,3)20-13(19)18-8-6-17(7-9-18)11-4-5-12(15)16-10-11;1-2-15-5-7-16(8-6-15)10-11-3-4-12(13)14-9-11/h4-5,10H,6-9H2,1-3H3,(H2,15,16);3-4,9H,2,5-8,10H2,1H3,(H2,13,14). The molecule has 2 aliphatic heterocycles. The first-order valence-corrected chi connectivity index (χ1v) is 12.7. The Balaban J connectivity index is 0.000000205. The van der Waals surface area contributed by atoms with Crippen molar-refractivity contribution in [2.45, 2.75) is 39.8 Å². The van der Waals surface area contributed by atoms with E-state index in [2.05, 4.69) is 37.7 Å². The number of rotatable bonds is 4. The Labute approximate surface area is 215 Å². The van der Waals surface area contributed by atoms with Crippen molar-refractivity contribution in [1.29, 1.82) is 0 Å². The molecule has 2 saturated heterocycles. The molecule has 0 spiro atoms. The smallest absolute Gasteiger partial charge is 0.410 e. The van der Waals surface area contributed by atoms with Gasteiger partial charge in [0.05, 0.1) is 11.9 Å². The molecule has 0 atom stereocenters. The summed E-state index contributed by atoms with van der Waals surface area (Å²) in [7, 11) is 0. The van der Waals surface area contributed by atoms with Gasteiger partial charge in [-0.1, -0.05) is 13.0 Å². The fourth-order valence-corrected chi connectivity index (χ4v) is 4.11. The number of carbonyl (C=O) groups excluding carboxylic acids is 1. The third-order valence-electron chi connectivity index (χ3n) is 6.23. The predicted octanol–water partition coefficient (Wildman–Crippen LogP) is 2.52. The van der Waals surface area contributed by atoms with Crippen LogP contribution in [0.25, 0.3) is 0 Å². The van der Waals surface area contributed by atoms with Crippen molar-refractivity contribution in [3.8, 4) is 0 Å². The Bertz CT molecular complexity index is 930. The number of nitrogen functional groups attached to an aromatic ring is 2. The third-order valence-corrected chi connectivity index (χ3v) is 6.23. The van der Waals surface area contributed by atoms with Gasteiger partial charge in [-0.05, 0) is 51.1 Å². The molecule has 2 aromatic rings. The molecule has 0 unspecified atom stereocenters. The zero-order chi connectivity index (χ0) is 26.1. The minimum Gasteiger partial charge on any atom is -0.444 e. The number of carbonyl (C=O) groups is 1. The molecule has 10 nitrogen and oxygen atoms in total. The number of amides is 1. The van der Waals surface area contributed by atoms with E-state index in [9.17, 15) is 4.79 Å². The van der Waals surface area contributed by atoms with Crippen LogP contribution in [0.1, 0.15) is 33.3 Å². The highest BCUT2D eigenvalue weighted by atomic mass is 16.6. The zero-order valence-corrected chi connectivity index (χ0v) is 22.2. The fraction of sp³-hybridized carbons (Fsp3) is 0.577. The van der Waals surface area contributed by atoms with Crippen LogP contribution >= 0.6 is 0 Å². The van der Waals surface area contributed by atoms with Crippen molar-refractivity contribution in [2.24, 2.45) is 0 Å². The van der Waals surface area contributed by atoms with E-state index in [4.69, 9.17) is 16.2 Å². The van der Waals surface area contributed by atoms with Gasteiger partial charge >= 0.3 is 6.09 Å². The molecule has 4 N–H and O–H groups in total. The van der Waals surface area contributed by atoms with Crippen LogP contribution < -0.4 is 16.4 Å². The first kappa shape index (κ1) is 27.5. The SMILES string of the molecule is CC(C)(C)OC(=O)N1CCN(c2ccc(N)nc2)CC1.CCN1CCN(Cc2ccc(N)nc2)CC1. The Kier molecular flexibility index (Phi) is 9.72. The molecular weight excluding hydrogens is 456 g/mol. The number of pyridine rings is 2. The lowest BCUT2D eigenvalue weighted by Gasteiger charge is -2.36. The molecule has 0 aliphatic carbocycles. The van der Waals surface area contributed by atoms with Crippen LogP contribution in [0.3, 0.4) is 0 Å². The lowest BCUT2D eigenvalue weighted by molar-refractivity contribution is 0.0240. The van der Waals surface area contributed by atoms with E-state index in [1.54, 1.807) is 17.2 Å². The molecular formula is C26H42N8O2. The van der Waals surface area contributed by atoms with Crippen LogP contribution in [-0.2, 0) is 11.3 Å². The summed E-state index contributed by atoms with van der Waals surface area (Å²) < 4.78 is 5.37. The number of ether oxygens (including phenoxy) is 1. The Morgan fingerprint density at radius 2 is 1.44 bits per heavy atom. The number of anilines is 3. The maximum absolute atomic E-state index is 12.0. The highest BCUT2D eigenvalue weighted by Crippen LogP contribution is 2.18. The van der Waals surface area contributed by atoms with E-state index in [1.165, 1.54) is 18.7 Å². The Morgan fingerprint density at radius 1 is 0.861 bits per heavy atom. The molecule has 1 amide bonds. The lowest BCUT2D eigenvalue weighted by atomic mass is 10.2. The first-order valence-electron chi connectivity index (χ1n) is 12.7. The van der Waals surface area contributed by atoms with E-state index < -0.39 is 5.60 Å². The second kappa shape index (κ2) is 12.7. The number of hydrogen-bond donors (Lipinski definition) is 2. The van der Waals surface area contributed by atoms with Gasteiger partial charge in [0.1, 0.15) is 17.2 Å². The number of nitrogens with zero attached hydrogens (tertiary/aromatic N) is 6. The third kappa shape index (κ3) is 8.83. The largest absolute Gasteiger partial charge is 0.444 e. The summed E-state index contributed by atoms with van der Waals surface area (Å²) in [5.74, 6) is 1.11. The average molecular weight is 499 g/mol. The molecule has 0 saturated carbocycles. The minimum atomic E-state index is -0.449. The van der Waals surface area contributed by atoms with E-state index in [1.807, 2.05) is 39.1 Å². The van der Waals surface area contributed by atoms with Gasteiger partial charge in [-0.3, -0.25) is 4.90 Å². The van der Waals surface area contributed by atoms with Crippen molar-refractivity contribution in [3.63, 3.8) is 0 Å². The quantitative estimate of drug-likeness (QED) is 0.656. The van der Waals surface area contributed by atoms with Gasteiger partial charge in [0.2, 0.25) is 0 Å². The van der Waals surface area contributed by atoms with Gasteiger partial charge in [0.15, 0.2) is 0 Å². The van der Waals surface area contributed by atoms with Crippen molar-refractivity contribution >= 4 is 23.4 Å². The summed E-state index contributed by atoms with van der Waals surface area (Å²) in [4.78, 5) is 29.0. The van der Waals surface area contributed by atoms with Crippen molar-refractivity contribution < 1.29 is 9.53 Å². The molecule has 36 heavy (non-hydrogen) atoms. The predicted molar refractivity (Wildman–Crippen MR) is 145 cm³/mol. The van der Waals surface area contributed by atoms with Crippen LogP contribution in [0.4, 0.5) is 22.1 Å². The van der Waals surface area contributed by atoms with Crippen LogP contribution in [0.15, 0.2) is 36.7 Å². The van der Waals surface area contributed by atoms with Crippen molar-refractivity contribution in [1.82, 2.24) is 24.7 Å². The minimum absolute atomic E-state index is 0.243. The number of nitrogens with two attached hydrogens (primary N) is 2. The van der Waals surface area contributed by atoms with Crippen molar-refractivity contribution in [2.75, 3.05) is 75.3 Å². The number of hydrogen-bond acceptors (Lipinski definition) is 9. The molecule has 10 heteroatoms. The van der Waals surface area contributed by atoms with Crippen LogP contribution in [-0.4, -0.2) is 95.3 Å². The normalized spacial score (nSPS) is 17.3. The lowest BCUT2D eigenvalue weighted by Crippen LogP contribution is -2.50. The van der Waals surface area contributed by atoms with E-state index >= 15 is 0 Å². The van der Waals surface area contributed by atoms with Crippen molar-refractivity contribution in [3.05, 3.63) is 42.2 Å². The maximum atomic E-state index is 12.0. The van der Waals surface area contributed by atoms with Gasteiger partial charge in [-0.15, -0.1) is 0 Å². The highest BCUT2D eigenvalue weighted by molar-refractivity contribution is 5.68. The Hall–Kier alpha value is -3.11. The Morgan fingerprint density at radius 3 is 1.94 bits per heavy atom. The number of piperazine rings is 2. The van der Waals surface area contributed by atoms with Gasteiger partial charge in [0.25, 0.3) is 0 Å². The van der Waals surface area contributed by atoms with Crippen LogP contribution in [0.2, 0.25) is 0 Å². The molecule has 0 aromatic carbocycles. The van der Waals surface area contributed by atoms with Crippen LogP contribution in [0, 0.1) is 0 Å². The molecule has 4 heterocycles. The molecule has 4 rings (SSSR count). The molecule has 198 valence electrons. The highest BCUT2D eigenvalue weighted by Gasteiger charge is 2.26. The summed E-state index contributed by atoms with van der Waals surface area (Å²) in [6.45, 7) is 17.5. The molecule has 2 fully saturated rings. The molecule has 2 aliphatic rings. The summed E-state index contributed by atoms with van der Waals surface area (Å²) in [6, 6.07) is 7.67. The molecule has 0 bridgehead atoms. The van der Waals surface area contributed by atoms with Gasteiger partial charge < -0.3 is 30.9 Å². The summed E-state index contributed by atoms with van der Waals surface area (Å²) in [5.41, 5.74) is 13.0. The fourth-order valence-electron chi connectivity index (χ4n) is 4.11.